The van der Waals surface area contributed by atoms with Crippen molar-refractivity contribution >= 4 is 5.97 Å². The Kier molecular flexibility index (Phi) is 3.79. The SMILES string of the molecule is CCOC(=O)/C=C(\C)Nn1cccc1. The Bertz CT molecular complexity index is 315. The molecule has 1 heterocycles. The number of hydrogen-bond acceptors (Lipinski definition) is 3. The standard InChI is InChI=1S/C10H14N2O2/c1-3-14-10(13)8-9(2)11-12-6-4-5-7-12/h4-8,11H,3H2,1-2H3/b9-8+. The molecule has 1 aromatic heterocycles. The molecule has 0 spiro atoms. The Hall–Kier alpha value is -1.71. The third kappa shape index (κ3) is 3.35. The van der Waals surface area contributed by atoms with Gasteiger partial charge in [-0.15, -0.1) is 0 Å². The molecular formula is C10H14N2O2. The van der Waals surface area contributed by atoms with Crippen LogP contribution < -0.4 is 5.43 Å². The van der Waals surface area contributed by atoms with Gasteiger partial charge in [-0.1, -0.05) is 0 Å². The molecule has 0 bridgehead atoms. The van der Waals surface area contributed by atoms with E-state index in [2.05, 4.69) is 5.43 Å². The second-order valence-corrected chi connectivity index (χ2v) is 2.78. The largest absolute Gasteiger partial charge is 0.463 e. The number of nitrogens with zero attached hydrogens (tertiary/aromatic N) is 1. The van der Waals surface area contributed by atoms with E-state index in [0.717, 1.165) is 5.70 Å². The molecule has 76 valence electrons. The van der Waals surface area contributed by atoms with Gasteiger partial charge in [-0.2, -0.15) is 0 Å². The van der Waals surface area contributed by atoms with Gasteiger partial charge in [-0.05, 0) is 26.0 Å². The highest BCUT2D eigenvalue weighted by molar-refractivity contribution is 5.82. The molecule has 1 N–H and O–H groups in total. The molecule has 0 atom stereocenters. The normalized spacial score (nSPS) is 11.1. The lowest BCUT2D eigenvalue weighted by Gasteiger charge is -2.06. The van der Waals surface area contributed by atoms with E-state index in [-0.39, 0.29) is 5.97 Å². The predicted molar refractivity (Wildman–Crippen MR) is 54.2 cm³/mol. The third-order valence-corrected chi connectivity index (χ3v) is 1.53. The van der Waals surface area contributed by atoms with Crippen molar-refractivity contribution in [2.75, 3.05) is 12.0 Å². The van der Waals surface area contributed by atoms with E-state index in [1.54, 1.807) is 18.5 Å². The van der Waals surface area contributed by atoms with Crippen LogP contribution in [-0.4, -0.2) is 17.3 Å². The van der Waals surface area contributed by atoms with Crippen LogP contribution in [0.2, 0.25) is 0 Å². The van der Waals surface area contributed by atoms with Crippen LogP contribution in [0, 0.1) is 0 Å². The topological polar surface area (TPSA) is 43.3 Å². The molecule has 0 unspecified atom stereocenters. The molecule has 0 amide bonds. The predicted octanol–water partition coefficient (Wildman–Crippen LogP) is 1.50. The minimum atomic E-state index is -0.329. The molecular weight excluding hydrogens is 180 g/mol. The molecule has 0 saturated carbocycles. The van der Waals surface area contributed by atoms with E-state index in [1.807, 2.05) is 24.5 Å². The van der Waals surface area contributed by atoms with E-state index >= 15 is 0 Å². The number of ether oxygens (including phenoxy) is 1. The number of allylic oxidation sites excluding steroid dienone is 1. The summed E-state index contributed by atoms with van der Waals surface area (Å²) in [5.74, 6) is -0.329. The number of esters is 1. The highest BCUT2D eigenvalue weighted by Crippen LogP contribution is 1.94. The van der Waals surface area contributed by atoms with Crippen LogP contribution >= 0.6 is 0 Å². The minimum Gasteiger partial charge on any atom is -0.463 e. The molecule has 4 heteroatoms. The summed E-state index contributed by atoms with van der Waals surface area (Å²) in [6.45, 7) is 3.98. The molecule has 0 fully saturated rings. The lowest BCUT2D eigenvalue weighted by Crippen LogP contribution is -2.12. The van der Waals surface area contributed by atoms with Crippen molar-refractivity contribution in [1.29, 1.82) is 0 Å². The van der Waals surface area contributed by atoms with Gasteiger partial charge in [-0.3, -0.25) is 10.1 Å². The first-order valence-electron chi connectivity index (χ1n) is 4.47. The van der Waals surface area contributed by atoms with Gasteiger partial charge in [0.15, 0.2) is 0 Å². The molecule has 1 rings (SSSR count). The highest BCUT2D eigenvalue weighted by Gasteiger charge is 1.97. The zero-order valence-corrected chi connectivity index (χ0v) is 8.36. The van der Waals surface area contributed by atoms with E-state index in [0.29, 0.717) is 6.61 Å². The Morgan fingerprint density at radius 1 is 1.50 bits per heavy atom. The van der Waals surface area contributed by atoms with Crippen LogP contribution in [0.25, 0.3) is 0 Å². The molecule has 14 heavy (non-hydrogen) atoms. The summed E-state index contributed by atoms with van der Waals surface area (Å²) < 4.78 is 6.52. The fourth-order valence-electron chi connectivity index (χ4n) is 1.01. The van der Waals surface area contributed by atoms with Gasteiger partial charge < -0.3 is 4.74 Å². The summed E-state index contributed by atoms with van der Waals surface area (Å²) in [6, 6.07) is 3.79. The maximum Gasteiger partial charge on any atom is 0.332 e. The van der Waals surface area contributed by atoms with Crippen LogP contribution in [0.1, 0.15) is 13.8 Å². The first-order chi connectivity index (χ1) is 6.72. The number of carbonyl (C=O) groups is 1. The van der Waals surface area contributed by atoms with Crippen molar-refractivity contribution in [3.8, 4) is 0 Å². The van der Waals surface area contributed by atoms with Gasteiger partial charge in [-0.25, -0.2) is 4.79 Å². The minimum absolute atomic E-state index is 0.329. The van der Waals surface area contributed by atoms with Gasteiger partial charge in [0.1, 0.15) is 0 Å². The van der Waals surface area contributed by atoms with E-state index in [9.17, 15) is 4.79 Å². The zero-order valence-electron chi connectivity index (χ0n) is 8.36. The van der Waals surface area contributed by atoms with Gasteiger partial charge in [0.25, 0.3) is 0 Å². The van der Waals surface area contributed by atoms with Gasteiger partial charge in [0.2, 0.25) is 0 Å². The monoisotopic (exact) mass is 194 g/mol. The van der Waals surface area contributed by atoms with Crippen LogP contribution in [0.3, 0.4) is 0 Å². The Morgan fingerprint density at radius 2 is 2.14 bits per heavy atom. The Labute approximate surface area is 83.1 Å². The summed E-state index contributed by atoms with van der Waals surface area (Å²) in [7, 11) is 0. The van der Waals surface area contributed by atoms with E-state index < -0.39 is 0 Å². The molecule has 0 saturated heterocycles. The van der Waals surface area contributed by atoms with Crippen LogP contribution in [0.15, 0.2) is 36.3 Å². The molecule has 0 aromatic carbocycles. The average Bonchev–Trinajstić information content (AvgIpc) is 2.56. The van der Waals surface area contributed by atoms with Crippen molar-refractivity contribution in [3.05, 3.63) is 36.3 Å². The number of carbonyl (C=O) groups excluding carboxylic acids is 1. The van der Waals surface area contributed by atoms with Crippen LogP contribution in [0.5, 0.6) is 0 Å². The maximum atomic E-state index is 11.0. The molecule has 0 radical (unpaired) electrons. The van der Waals surface area contributed by atoms with E-state index in [1.165, 1.54) is 6.08 Å². The van der Waals surface area contributed by atoms with Gasteiger partial charge in [0, 0.05) is 24.2 Å². The van der Waals surface area contributed by atoms with Crippen molar-refractivity contribution in [2.45, 2.75) is 13.8 Å². The van der Waals surface area contributed by atoms with Crippen molar-refractivity contribution in [2.24, 2.45) is 0 Å². The second kappa shape index (κ2) is 5.11. The molecule has 4 nitrogen and oxygen atoms in total. The first kappa shape index (κ1) is 10.4. The second-order valence-electron chi connectivity index (χ2n) is 2.78. The van der Waals surface area contributed by atoms with Crippen LogP contribution in [0.4, 0.5) is 0 Å². The quantitative estimate of drug-likeness (QED) is 0.583. The third-order valence-electron chi connectivity index (χ3n) is 1.53. The Balaban J connectivity index is 2.49. The lowest BCUT2D eigenvalue weighted by atomic mass is 10.4. The maximum absolute atomic E-state index is 11.0. The van der Waals surface area contributed by atoms with Crippen LogP contribution in [-0.2, 0) is 9.53 Å². The van der Waals surface area contributed by atoms with E-state index in [4.69, 9.17) is 4.74 Å². The fourth-order valence-corrected chi connectivity index (χ4v) is 1.01. The summed E-state index contributed by atoms with van der Waals surface area (Å²) >= 11 is 0. The fraction of sp³-hybridized carbons (Fsp3) is 0.300. The molecule has 0 aliphatic carbocycles. The number of rotatable bonds is 4. The molecule has 1 aromatic rings. The number of nitrogens with one attached hydrogen (secondary N) is 1. The Morgan fingerprint density at radius 3 is 2.71 bits per heavy atom. The summed E-state index contributed by atoms with van der Waals surface area (Å²) in [6.07, 6.45) is 5.12. The summed E-state index contributed by atoms with van der Waals surface area (Å²) in [4.78, 5) is 11.0. The number of aromatic nitrogens is 1. The van der Waals surface area contributed by atoms with Crippen molar-refractivity contribution in [1.82, 2.24) is 4.68 Å². The van der Waals surface area contributed by atoms with Gasteiger partial charge >= 0.3 is 5.97 Å². The van der Waals surface area contributed by atoms with Gasteiger partial charge in [0.05, 0.1) is 6.61 Å². The highest BCUT2D eigenvalue weighted by atomic mass is 16.5. The average molecular weight is 194 g/mol. The number of hydrogen-bond donors (Lipinski definition) is 1. The van der Waals surface area contributed by atoms with Crippen molar-refractivity contribution < 1.29 is 9.53 Å². The summed E-state index contributed by atoms with van der Waals surface area (Å²) in [5, 5.41) is 0. The zero-order chi connectivity index (χ0) is 10.4. The smallest absolute Gasteiger partial charge is 0.332 e. The summed E-state index contributed by atoms with van der Waals surface area (Å²) in [5.41, 5.74) is 3.72. The first-order valence-corrected chi connectivity index (χ1v) is 4.47. The molecule has 0 aliphatic rings. The molecule has 0 aliphatic heterocycles. The lowest BCUT2D eigenvalue weighted by molar-refractivity contribution is -0.137. The van der Waals surface area contributed by atoms with Crippen molar-refractivity contribution in [3.63, 3.8) is 0 Å².